The molecule has 1 aromatic carbocycles. The third-order valence-corrected chi connectivity index (χ3v) is 6.88. The van der Waals surface area contributed by atoms with Gasteiger partial charge in [0.2, 0.25) is 10.0 Å². The zero-order chi connectivity index (χ0) is 17.6. The van der Waals surface area contributed by atoms with E-state index in [1.54, 1.807) is 27.7 Å². The monoisotopic (exact) mass is 349 g/mol. The predicted octanol–water partition coefficient (Wildman–Crippen LogP) is 4.03. The van der Waals surface area contributed by atoms with E-state index in [0.29, 0.717) is 28.3 Å². The summed E-state index contributed by atoms with van der Waals surface area (Å²) < 4.78 is 66.6. The molecule has 0 aromatic heterocycles. The molecule has 1 saturated heterocycles. The van der Waals surface area contributed by atoms with Gasteiger partial charge in [0.25, 0.3) is 0 Å². The zero-order valence-corrected chi connectivity index (χ0v) is 14.6. The standard InChI is InChI=1S/C16H22F3NO2S/c1-10-9-11(2)13(4)15(12(10)3)23(21,22)20-8-6-5-7-14(20)16(17,18)19/h9,14H,5-8H2,1-4H3. The molecular formula is C16H22F3NO2S. The van der Waals surface area contributed by atoms with Crippen LogP contribution in [0, 0.1) is 27.7 Å². The maximum atomic E-state index is 13.3. The minimum Gasteiger partial charge on any atom is -0.207 e. The summed E-state index contributed by atoms with van der Waals surface area (Å²) in [6.45, 7) is 6.78. The van der Waals surface area contributed by atoms with Crippen molar-refractivity contribution >= 4 is 10.0 Å². The van der Waals surface area contributed by atoms with Crippen LogP contribution in [0.3, 0.4) is 0 Å². The van der Waals surface area contributed by atoms with Crippen molar-refractivity contribution in [3.8, 4) is 0 Å². The van der Waals surface area contributed by atoms with Gasteiger partial charge in [0.15, 0.2) is 0 Å². The van der Waals surface area contributed by atoms with Gasteiger partial charge in [-0.2, -0.15) is 17.5 Å². The fraction of sp³-hybridized carbons (Fsp3) is 0.625. The lowest BCUT2D eigenvalue weighted by molar-refractivity contribution is -0.177. The highest BCUT2D eigenvalue weighted by Crippen LogP contribution is 2.37. The van der Waals surface area contributed by atoms with Crippen LogP contribution >= 0.6 is 0 Å². The van der Waals surface area contributed by atoms with E-state index in [1.165, 1.54) is 0 Å². The summed E-state index contributed by atoms with van der Waals surface area (Å²) in [5.41, 5.74) is 2.60. The summed E-state index contributed by atoms with van der Waals surface area (Å²) in [6, 6.07) is -0.0675. The molecule has 130 valence electrons. The second-order valence-electron chi connectivity index (χ2n) is 6.26. The highest BCUT2D eigenvalue weighted by molar-refractivity contribution is 7.89. The fourth-order valence-corrected chi connectivity index (χ4v) is 5.46. The van der Waals surface area contributed by atoms with E-state index in [9.17, 15) is 21.6 Å². The normalized spacial score (nSPS) is 20.7. The van der Waals surface area contributed by atoms with Gasteiger partial charge >= 0.3 is 6.18 Å². The molecule has 23 heavy (non-hydrogen) atoms. The molecule has 0 amide bonds. The van der Waals surface area contributed by atoms with E-state index >= 15 is 0 Å². The number of nitrogens with zero attached hydrogens (tertiary/aromatic N) is 1. The first-order valence-corrected chi connectivity index (χ1v) is 9.08. The molecule has 1 aliphatic heterocycles. The van der Waals surface area contributed by atoms with Crippen LogP contribution in [-0.2, 0) is 10.0 Å². The quantitative estimate of drug-likeness (QED) is 0.808. The molecule has 7 heteroatoms. The summed E-state index contributed by atoms with van der Waals surface area (Å²) >= 11 is 0. The van der Waals surface area contributed by atoms with E-state index in [4.69, 9.17) is 0 Å². The summed E-state index contributed by atoms with van der Waals surface area (Å²) in [5, 5.41) is 0. The van der Waals surface area contributed by atoms with Gasteiger partial charge in [-0.25, -0.2) is 8.42 Å². The molecule has 1 unspecified atom stereocenters. The summed E-state index contributed by atoms with van der Waals surface area (Å²) in [7, 11) is -4.19. The van der Waals surface area contributed by atoms with Crippen molar-refractivity contribution in [1.29, 1.82) is 0 Å². The molecule has 1 aromatic rings. The number of alkyl halides is 3. The second-order valence-corrected chi connectivity index (χ2v) is 8.09. The second kappa shape index (κ2) is 6.09. The Hall–Kier alpha value is -1.08. The lowest BCUT2D eigenvalue weighted by Crippen LogP contribution is -2.51. The molecule has 1 fully saturated rings. The lowest BCUT2D eigenvalue weighted by Gasteiger charge is -2.36. The van der Waals surface area contributed by atoms with Gasteiger partial charge in [-0.1, -0.05) is 12.5 Å². The van der Waals surface area contributed by atoms with Crippen molar-refractivity contribution in [3.05, 3.63) is 28.3 Å². The van der Waals surface area contributed by atoms with Crippen molar-refractivity contribution in [1.82, 2.24) is 4.31 Å². The van der Waals surface area contributed by atoms with Gasteiger partial charge in [-0.15, -0.1) is 0 Å². The van der Waals surface area contributed by atoms with Crippen LogP contribution in [0.5, 0.6) is 0 Å². The maximum Gasteiger partial charge on any atom is 0.405 e. The Kier molecular flexibility index (Phi) is 4.84. The first kappa shape index (κ1) is 18.3. The number of halogens is 3. The number of piperidine rings is 1. The molecule has 0 bridgehead atoms. The van der Waals surface area contributed by atoms with Crippen LogP contribution in [0.4, 0.5) is 13.2 Å². The highest BCUT2D eigenvalue weighted by atomic mass is 32.2. The van der Waals surface area contributed by atoms with Crippen LogP contribution in [0.15, 0.2) is 11.0 Å². The first-order valence-electron chi connectivity index (χ1n) is 7.64. The van der Waals surface area contributed by atoms with Gasteiger partial charge in [-0.3, -0.25) is 0 Å². The number of rotatable bonds is 2. The van der Waals surface area contributed by atoms with Crippen molar-refractivity contribution in [2.24, 2.45) is 0 Å². The average molecular weight is 349 g/mol. The van der Waals surface area contributed by atoms with Crippen LogP contribution in [-0.4, -0.2) is 31.5 Å². The maximum absolute atomic E-state index is 13.3. The van der Waals surface area contributed by atoms with Gasteiger partial charge in [0.05, 0.1) is 4.90 Å². The van der Waals surface area contributed by atoms with E-state index in [-0.39, 0.29) is 17.9 Å². The van der Waals surface area contributed by atoms with Gasteiger partial charge < -0.3 is 0 Å². The van der Waals surface area contributed by atoms with Crippen LogP contribution in [0.25, 0.3) is 0 Å². The molecule has 1 atom stereocenters. The summed E-state index contributed by atoms with van der Waals surface area (Å²) in [5.74, 6) is 0. The van der Waals surface area contributed by atoms with Crippen molar-refractivity contribution in [2.45, 2.75) is 64.1 Å². The van der Waals surface area contributed by atoms with Crippen LogP contribution in [0.1, 0.15) is 41.5 Å². The summed E-state index contributed by atoms with van der Waals surface area (Å²) in [4.78, 5) is 0.0335. The van der Waals surface area contributed by atoms with Gasteiger partial charge in [-0.05, 0) is 62.8 Å². The van der Waals surface area contributed by atoms with E-state index in [1.807, 2.05) is 6.07 Å². The van der Waals surface area contributed by atoms with Crippen molar-refractivity contribution in [2.75, 3.05) is 6.54 Å². The molecule has 2 rings (SSSR count). The van der Waals surface area contributed by atoms with Gasteiger partial charge in [0, 0.05) is 6.54 Å². The highest BCUT2D eigenvalue weighted by Gasteiger charge is 2.49. The lowest BCUT2D eigenvalue weighted by atomic mass is 10.0. The Morgan fingerprint density at radius 1 is 1.04 bits per heavy atom. The Bertz CT molecular complexity index is 685. The first-order chi connectivity index (χ1) is 10.5. The Labute approximate surface area is 135 Å². The number of hydrogen-bond donors (Lipinski definition) is 0. The fourth-order valence-electron chi connectivity index (χ4n) is 3.20. The van der Waals surface area contributed by atoms with Crippen molar-refractivity contribution < 1.29 is 21.6 Å². The predicted molar refractivity (Wildman–Crippen MR) is 83.0 cm³/mol. The minimum absolute atomic E-state index is 0.0335. The molecule has 0 spiro atoms. The Balaban J connectivity index is 2.62. The molecule has 0 aliphatic carbocycles. The number of sulfonamides is 1. The van der Waals surface area contributed by atoms with Crippen molar-refractivity contribution in [3.63, 3.8) is 0 Å². The topological polar surface area (TPSA) is 37.4 Å². The SMILES string of the molecule is Cc1cc(C)c(C)c(S(=O)(=O)N2CCCCC2C(F)(F)F)c1C. The zero-order valence-electron chi connectivity index (χ0n) is 13.8. The third-order valence-electron chi connectivity index (χ3n) is 4.70. The molecule has 3 nitrogen and oxygen atoms in total. The van der Waals surface area contributed by atoms with E-state index in [0.717, 1.165) is 11.1 Å². The van der Waals surface area contributed by atoms with Crippen LogP contribution in [0.2, 0.25) is 0 Å². The molecule has 0 radical (unpaired) electrons. The average Bonchev–Trinajstić information content (AvgIpc) is 2.44. The number of hydrogen-bond acceptors (Lipinski definition) is 2. The van der Waals surface area contributed by atoms with Crippen LogP contribution < -0.4 is 0 Å². The number of benzene rings is 1. The van der Waals surface area contributed by atoms with Gasteiger partial charge in [0.1, 0.15) is 6.04 Å². The van der Waals surface area contributed by atoms with E-state index < -0.39 is 22.2 Å². The molecule has 1 heterocycles. The largest absolute Gasteiger partial charge is 0.405 e. The molecule has 0 saturated carbocycles. The minimum atomic E-state index is -4.55. The third kappa shape index (κ3) is 3.26. The smallest absolute Gasteiger partial charge is 0.207 e. The Morgan fingerprint density at radius 3 is 2.04 bits per heavy atom. The summed E-state index contributed by atoms with van der Waals surface area (Å²) in [6.07, 6.45) is -3.88. The molecular weight excluding hydrogens is 327 g/mol. The van der Waals surface area contributed by atoms with E-state index in [2.05, 4.69) is 0 Å². The Morgan fingerprint density at radius 2 is 1.57 bits per heavy atom. The number of aryl methyl sites for hydroxylation is 2. The molecule has 0 N–H and O–H groups in total. The molecule has 1 aliphatic rings.